The molecule has 0 unspecified atom stereocenters. The molecular weight excluding hydrogens is 672 g/mol. The van der Waals surface area contributed by atoms with Crippen molar-refractivity contribution in [1.29, 1.82) is 0 Å². The molecule has 47 heavy (non-hydrogen) atoms. The van der Waals surface area contributed by atoms with E-state index in [0.717, 1.165) is 51.4 Å². The SMILES string of the molecule is CCCCCCCCCCCCc1ccccc1S(=O)(=O)[O][Ti]([OH])([OH])[O]S(=O)(=O)c1ccccc1CCCCCCCCCCCC. The van der Waals surface area contributed by atoms with Gasteiger partial charge in [0.15, 0.2) is 0 Å². The predicted molar refractivity (Wildman–Crippen MR) is 185 cm³/mol. The summed E-state index contributed by atoms with van der Waals surface area (Å²) in [6.45, 7) is 4.42. The summed E-state index contributed by atoms with van der Waals surface area (Å²) < 4.78 is 83.4. The molecule has 0 aliphatic heterocycles. The predicted octanol–water partition coefficient (Wildman–Crippen LogP) is 9.52. The van der Waals surface area contributed by atoms with Crippen molar-refractivity contribution in [3.8, 4) is 0 Å². The van der Waals surface area contributed by atoms with E-state index in [2.05, 4.69) is 13.8 Å². The fourth-order valence-electron chi connectivity index (χ4n) is 5.90. The van der Waals surface area contributed by atoms with Crippen molar-refractivity contribution >= 4 is 20.2 Å². The van der Waals surface area contributed by atoms with Gasteiger partial charge >= 0.3 is 240 Å². The molecule has 0 aliphatic rings. The third kappa shape index (κ3) is 17.4. The zero-order valence-corrected chi connectivity index (χ0v) is 32.0. The van der Waals surface area contributed by atoms with Crippen LogP contribution in [0.5, 0.6) is 0 Å². The number of hydrogen-bond donors (Lipinski definition) is 2. The van der Waals surface area contributed by atoms with Gasteiger partial charge in [-0.2, -0.15) is 0 Å². The third-order valence-corrected chi connectivity index (χ3v) is 15.4. The van der Waals surface area contributed by atoms with Crippen molar-refractivity contribution in [2.75, 3.05) is 0 Å². The fraction of sp³-hybridized carbons (Fsp3) is 0.667. The minimum absolute atomic E-state index is 0.212. The smallest absolute Gasteiger partial charge is 0.0654 e. The van der Waals surface area contributed by atoms with E-state index in [1.165, 1.54) is 101 Å². The Kier molecular flexibility index (Phi) is 20.9. The monoisotopic (exact) mass is 732 g/mol. The van der Waals surface area contributed by atoms with Crippen LogP contribution in [0.15, 0.2) is 58.3 Å². The van der Waals surface area contributed by atoms with E-state index in [-0.39, 0.29) is 9.79 Å². The first kappa shape index (κ1) is 42.1. The summed E-state index contributed by atoms with van der Waals surface area (Å²) in [5.74, 6) is 0. The van der Waals surface area contributed by atoms with Crippen LogP contribution in [-0.2, 0) is 56.7 Å². The molecule has 0 spiro atoms. The van der Waals surface area contributed by atoms with Crippen molar-refractivity contribution in [3.05, 3.63) is 59.7 Å². The van der Waals surface area contributed by atoms with Gasteiger partial charge in [0.05, 0.1) is 0 Å². The zero-order valence-electron chi connectivity index (χ0n) is 28.8. The molecule has 0 aliphatic carbocycles. The molecule has 2 aromatic rings. The summed E-state index contributed by atoms with van der Waals surface area (Å²) in [5, 5.41) is 0. The van der Waals surface area contributed by atoms with Gasteiger partial charge < -0.3 is 0 Å². The van der Waals surface area contributed by atoms with Crippen LogP contribution in [0.2, 0.25) is 0 Å². The Labute approximate surface area is 291 Å². The van der Waals surface area contributed by atoms with E-state index in [1.54, 1.807) is 24.3 Å². The Morgan fingerprint density at radius 2 is 0.745 bits per heavy atom. The van der Waals surface area contributed by atoms with Crippen molar-refractivity contribution in [2.24, 2.45) is 0 Å². The summed E-state index contributed by atoms with van der Waals surface area (Å²) in [6.07, 6.45) is 23.9. The maximum absolute atomic E-state index is 13.2. The van der Waals surface area contributed by atoms with Gasteiger partial charge in [-0.1, -0.05) is 52.4 Å². The molecule has 0 amide bonds. The van der Waals surface area contributed by atoms with E-state index in [0.29, 0.717) is 24.0 Å². The van der Waals surface area contributed by atoms with Gasteiger partial charge in [0.1, 0.15) is 0 Å². The molecule has 2 aromatic carbocycles. The van der Waals surface area contributed by atoms with Crippen molar-refractivity contribution in [2.45, 2.75) is 165 Å². The van der Waals surface area contributed by atoms with E-state index in [9.17, 15) is 24.2 Å². The van der Waals surface area contributed by atoms with Crippen molar-refractivity contribution in [1.82, 2.24) is 0 Å². The number of hydrogen-bond acceptors (Lipinski definition) is 8. The molecule has 8 nitrogen and oxygen atoms in total. The van der Waals surface area contributed by atoms with E-state index in [1.807, 2.05) is 0 Å². The first-order valence-electron chi connectivity index (χ1n) is 18.0. The van der Waals surface area contributed by atoms with Gasteiger partial charge in [-0.15, -0.1) is 0 Å². The second kappa shape index (κ2) is 23.3. The van der Waals surface area contributed by atoms with E-state index < -0.39 is 38.4 Å². The Bertz CT molecular complexity index is 1240. The first-order valence-corrected chi connectivity index (χ1v) is 23.5. The molecule has 0 fully saturated rings. The molecule has 0 heterocycles. The summed E-state index contributed by atoms with van der Waals surface area (Å²) in [6, 6.07) is 12.4. The Morgan fingerprint density at radius 1 is 0.468 bits per heavy atom. The molecule has 0 aromatic heterocycles. The van der Waals surface area contributed by atoms with Crippen LogP contribution < -0.4 is 0 Å². The second-order valence-electron chi connectivity index (χ2n) is 12.7. The van der Waals surface area contributed by atoms with Crippen molar-refractivity contribution < 1.29 is 47.9 Å². The van der Waals surface area contributed by atoms with Crippen LogP contribution in [-0.4, -0.2) is 24.2 Å². The number of benzene rings is 2. The molecule has 0 atom stereocenters. The molecule has 2 N–H and O–H groups in total. The van der Waals surface area contributed by atoms with Gasteiger partial charge in [0.2, 0.25) is 0 Å². The number of rotatable bonds is 28. The fourth-order valence-corrected chi connectivity index (χ4v) is 12.1. The molecule has 11 heteroatoms. The Balaban J connectivity index is 1.90. The standard InChI is InChI=1S/2C18H30O3S.2H2O.Ti/c2*1-2-3-4-5-6-7-8-9-10-11-14-17-15-12-13-16-18(17)22(19,20)21;;;/h2*12-13,15-16H,2-11,14H2,1H3,(H,19,20,21);2*1H2;/q;;;;+4/p-4. The van der Waals surface area contributed by atoms with Gasteiger partial charge in [-0.25, -0.2) is 0 Å². The second-order valence-corrected chi connectivity index (χ2v) is 19.0. The van der Waals surface area contributed by atoms with Crippen LogP contribution in [0.25, 0.3) is 0 Å². The molecule has 268 valence electrons. The minimum Gasteiger partial charge on any atom is -0.0654 e. The molecule has 0 radical (unpaired) electrons. The number of unbranched alkanes of at least 4 members (excludes halogenated alkanes) is 18. The topological polar surface area (TPSA) is 127 Å². The van der Waals surface area contributed by atoms with Gasteiger partial charge in [-0.05, 0) is 0 Å². The van der Waals surface area contributed by atoms with Gasteiger partial charge in [-0.3, -0.25) is 0 Å². The molecule has 0 bridgehead atoms. The first-order chi connectivity index (χ1) is 22.5. The van der Waals surface area contributed by atoms with Crippen LogP contribution in [0.3, 0.4) is 0 Å². The minimum atomic E-state index is -6.31. The summed E-state index contributed by atoms with van der Waals surface area (Å²) in [4.78, 5) is -0.423. The summed E-state index contributed by atoms with van der Waals surface area (Å²) in [7, 11) is -9.43. The molecular formula is C36H60O8S2Ti. The third-order valence-electron chi connectivity index (χ3n) is 8.52. The summed E-state index contributed by atoms with van der Waals surface area (Å²) in [5.41, 5.74) is 0.963. The summed E-state index contributed by atoms with van der Waals surface area (Å²) >= 11 is -6.31. The quantitative estimate of drug-likeness (QED) is 0.0654. The molecule has 2 rings (SSSR count). The normalized spacial score (nSPS) is 12.5. The van der Waals surface area contributed by atoms with E-state index in [4.69, 9.17) is 5.53 Å². The van der Waals surface area contributed by atoms with Crippen molar-refractivity contribution in [3.63, 3.8) is 0 Å². The molecule has 0 saturated heterocycles. The number of aryl methyl sites for hydroxylation is 2. The van der Waals surface area contributed by atoms with Crippen LogP contribution in [0.4, 0.5) is 0 Å². The Hall–Kier alpha value is -1.11. The van der Waals surface area contributed by atoms with Crippen LogP contribution in [0.1, 0.15) is 153 Å². The average molecular weight is 733 g/mol. The van der Waals surface area contributed by atoms with Crippen LogP contribution in [0, 0.1) is 0 Å². The maximum atomic E-state index is 13.2. The van der Waals surface area contributed by atoms with Gasteiger partial charge in [0.25, 0.3) is 0 Å². The molecule has 0 saturated carbocycles. The zero-order chi connectivity index (χ0) is 34.4. The van der Waals surface area contributed by atoms with Crippen LogP contribution >= 0.6 is 0 Å². The Morgan fingerprint density at radius 3 is 1.06 bits per heavy atom. The van der Waals surface area contributed by atoms with Gasteiger partial charge in [0, 0.05) is 0 Å². The van der Waals surface area contributed by atoms with E-state index >= 15 is 0 Å². The average Bonchev–Trinajstić information content (AvgIpc) is 3.02.